The summed E-state index contributed by atoms with van der Waals surface area (Å²) < 4.78 is 37.5. The summed E-state index contributed by atoms with van der Waals surface area (Å²) in [5.41, 5.74) is -2.65. The first-order valence-electron chi connectivity index (χ1n) is 26.1. The van der Waals surface area contributed by atoms with E-state index in [1.54, 1.807) is 0 Å². The second kappa shape index (κ2) is 21.4. The van der Waals surface area contributed by atoms with Crippen LogP contribution in [0.3, 0.4) is 0 Å². The molecule has 8 nitrogen and oxygen atoms in total. The molecule has 0 amide bonds. The summed E-state index contributed by atoms with van der Waals surface area (Å²) in [5.74, 6) is 1.18. The van der Waals surface area contributed by atoms with Gasteiger partial charge in [0.25, 0.3) is 16.6 Å². The summed E-state index contributed by atoms with van der Waals surface area (Å²) in [6.45, 7) is 24.9. The maximum absolute atomic E-state index is 12.9. The fraction of sp³-hybridized carbons (Fsp3) is 0.467. The largest absolute Gasteiger partial charge is 0.489 e. The van der Waals surface area contributed by atoms with E-state index in [0.717, 1.165) is 18.1 Å². The monoisotopic (exact) mass is 1010 g/mol. The minimum Gasteiger partial charge on any atom is -0.489 e. The Hall–Kier alpha value is -4.15. The maximum Gasteiger partial charge on any atom is 0.261 e. The highest BCUT2D eigenvalue weighted by Crippen LogP contribution is 2.46. The lowest BCUT2D eigenvalue weighted by Crippen LogP contribution is -2.70. The van der Waals surface area contributed by atoms with Gasteiger partial charge in [0.05, 0.1) is 12.1 Å². The van der Waals surface area contributed by atoms with E-state index in [-0.39, 0.29) is 40.5 Å². The van der Waals surface area contributed by atoms with E-state index in [0.29, 0.717) is 11.5 Å². The Morgan fingerprint density at radius 3 is 1.11 bits per heavy atom. The molecule has 0 fully saturated rings. The summed E-state index contributed by atoms with van der Waals surface area (Å²) >= 11 is 0. The van der Waals surface area contributed by atoms with Gasteiger partial charge in [-0.2, -0.15) is 0 Å². The van der Waals surface area contributed by atoms with Crippen molar-refractivity contribution in [2.45, 2.75) is 152 Å². The average Bonchev–Trinajstić information content (AvgIpc) is 3.35. The Labute approximate surface area is 430 Å². The minimum absolute atomic E-state index is 0.169. The molecule has 0 aromatic heterocycles. The SMILES string of the molecule is CC[Si](CC)(CC)OC1(C2=C[C@@H](N(C)C)[C@@H](O[Si](c3ccccc3)(c3ccccc3)C(C)(C)C)[C@H](C)O2)C=CC(O)(C2=C[C@@H](N(C)C)[C@@H](O[Si](c3ccccc3)(c3ccccc3)C(C)(C)C)[C@H](C)O2)C=C1. The normalized spacial score (nSPS) is 26.5. The van der Waals surface area contributed by atoms with Gasteiger partial charge in [0.1, 0.15) is 35.9 Å². The number of nitrogens with zero attached hydrogens (tertiary/aromatic N) is 2. The number of hydrogen-bond acceptors (Lipinski definition) is 8. The molecule has 2 heterocycles. The molecule has 1 N–H and O–H groups in total. The van der Waals surface area contributed by atoms with Gasteiger partial charge in [-0.25, -0.2) is 0 Å². The first-order chi connectivity index (χ1) is 33.6. The number of likely N-dealkylation sites (N-methyl/N-ethyl adjacent to an activating group) is 2. The number of aliphatic hydroxyl groups is 1. The quantitative estimate of drug-likeness (QED) is 0.0829. The zero-order valence-electron chi connectivity index (χ0n) is 45.5. The van der Waals surface area contributed by atoms with Crippen molar-refractivity contribution < 1.29 is 27.9 Å². The molecule has 382 valence electrons. The molecule has 0 saturated heterocycles. The zero-order valence-corrected chi connectivity index (χ0v) is 48.5. The van der Waals surface area contributed by atoms with Crippen LogP contribution in [0.15, 0.2) is 169 Å². The van der Waals surface area contributed by atoms with Crippen LogP contribution in [-0.4, -0.2) is 116 Å². The van der Waals surface area contributed by atoms with E-state index in [1.807, 2.05) is 24.3 Å². The predicted molar refractivity (Wildman–Crippen MR) is 301 cm³/mol. The van der Waals surface area contributed by atoms with Crippen molar-refractivity contribution in [1.82, 2.24) is 9.80 Å². The van der Waals surface area contributed by atoms with Crippen LogP contribution in [-0.2, 0) is 22.8 Å². The smallest absolute Gasteiger partial charge is 0.261 e. The van der Waals surface area contributed by atoms with Crippen LogP contribution in [0.25, 0.3) is 0 Å². The number of rotatable bonds is 17. The molecule has 0 bridgehead atoms. The summed E-state index contributed by atoms with van der Waals surface area (Å²) in [5, 5.41) is 17.4. The van der Waals surface area contributed by atoms with Crippen LogP contribution in [0.5, 0.6) is 0 Å². The molecule has 71 heavy (non-hydrogen) atoms. The molecule has 2 aliphatic heterocycles. The van der Waals surface area contributed by atoms with Gasteiger partial charge < -0.3 is 37.7 Å². The highest BCUT2D eigenvalue weighted by molar-refractivity contribution is 7.00. The van der Waals surface area contributed by atoms with Crippen molar-refractivity contribution >= 4 is 45.7 Å². The molecule has 1 aliphatic carbocycles. The van der Waals surface area contributed by atoms with Crippen LogP contribution in [0.4, 0.5) is 0 Å². The standard InChI is InChI=1S/C60H84N2O6Si3/c1-16-69(17-2,18-3)68-60(54-44-52(62(14)15)56(46(5)65-54)67-71(58(9,10)11,49-35-27-21-28-36-49)50-37-29-22-30-38-50)41-39-59(63,40-42-60)53-43-51(61(12)13)55(45(4)64-53)66-70(57(6,7)8,47-31-23-19-24-32-47)48-33-25-20-26-34-48/h19-46,51-52,55-56,63H,16-18H2,1-15H3/t45-,46-,51+,52+,55-,56-,59?,60?/m0/s1. The van der Waals surface area contributed by atoms with Gasteiger partial charge in [0.15, 0.2) is 19.5 Å². The topological polar surface area (TPSA) is 72.9 Å². The molecule has 4 aromatic carbocycles. The van der Waals surface area contributed by atoms with Crippen LogP contribution in [0, 0.1) is 0 Å². The molecule has 0 saturated carbocycles. The summed E-state index contributed by atoms with van der Waals surface area (Å²) in [6.07, 6.45) is 10.7. The average molecular weight is 1010 g/mol. The lowest BCUT2D eigenvalue weighted by molar-refractivity contribution is -0.0596. The summed E-state index contributed by atoms with van der Waals surface area (Å²) in [4.78, 5) is 4.44. The molecular weight excluding hydrogens is 929 g/mol. The van der Waals surface area contributed by atoms with Gasteiger partial charge in [0, 0.05) is 0 Å². The Bertz CT molecular complexity index is 2400. The van der Waals surface area contributed by atoms with E-state index in [9.17, 15) is 5.11 Å². The molecule has 3 aliphatic rings. The molecule has 0 spiro atoms. The van der Waals surface area contributed by atoms with Crippen LogP contribution >= 0.6 is 0 Å². The lowest BCUT2D eigenvalue weighted by atomic mass is 9.83. The van der Waals surface area contributed by atoms with Gasteiger partial charge in [-0.15, -0.1) is 0 Å². The molecule has 0 unspecified atom stereocenters. The van der Waals surface area contributed by atoms with Crippen molar-refractivity contribution in [3.05, 3.63) is 169 Å². The summed E-state index contributed by atoms with van der Waals surface area (Å²) in [7, 11) is 0.134. The van der Waals surface area contributed by atoms with Crippen molar-refractivity contribution in [2.24, 2.45) is 0 Å². The lowest BCUT2D eigenvalue weighted by Gasteiger charge is -2.51. The molecule has 0 radical (unpaired) electrons. The van der Waals surface area contributed by atoms with Crippen LogP contribution in [0.2, 0.25) is 28.2 Å². The van der Waals surface area contributed by atoms with E-state index in [2.05, 4.69) is 248 Å². The highest BCUT2D eigenvalue weighted by atomic mass is 28.4. The molecule has 7 rings (SSSR count). The van der Waals surface area contributed by atoms with E-state index < -0.39 is 42.3 Å². The highest BCUT2D eigenvalue weighted by Gasteiger charge is 2.57. The summed E-state index contributed by atoms with van der Waals surface area (Å²) in [6, 6.07) is 45.6. The van der Waals surface area contributed by atoms with Crippen molar-refractivity contribution in [3.8, 4) is 0 Å². The first kappa shape index (κ1) is 54.6. The Kier molecular flexibility index (Phi) is 16.4. The molecule has 6 atom stereocenters. The van der Waals surface area contributed by atoms with Crippen molar-refractivity contribution in [1.29, 1.82) is 0 Å². The third kappa shape index (κ3) is 10.4. The Morgan fingerprint density at radius 2 is 0.817 bits per heavy atom. The van der Waals surface area contributed by atoms with Gasteiger partial charge >= 0.3 is 0 Å². The second-order valence-electron chi connectivity index (χ2n) is 22.7. The zero-order chi connectivity index (χ0) is 51.6. The van der Waals surface area contributed by atoms with Gasteiger partial charge in [-0.1, -0.05) is 184 Å². The third-order valence-corrected chi connectivity index (χ3v) is 30.5. The predicted octanol–water partition coefficient (Wildman–Crippen LogP) is 9.96. The van der Waals surface area contributed by atoms with Gasteiger partial charge in [-0.3, -0.25) is 0 Å². The third-order valence-electron chi connectivity index (χ3n) is 15.8. The Morgan fingerprint density at radius 1 is 0.507 bits per heavy atom. The fourth-order valence-corrected chi connectivity index (χ4v) is 23.9. The van der Waals surface area contributed by atoms with Crippen LogP contribution in [0.1, 0.15) is 76.2 Å². The van der Waals surface area contributed by atoms with E-state index in [4.69, 9.17) is 22.8 Å². The number of benzene rings is 4. The van der Waals surface area contributed by atoms with E-state index >= 15 is 0 Å². The Balaban J connectivity index is 1.30. The fourth-order valence-electron chi connectivity index (χ4n) is 11.5. The molecule has 11 heteroatoms. The van der Waals surface area contributed by atoms with E-state index in [1.165, 1.54) is 20.7 Å². The second-order valence-corrected chi connectivity index (χ2v) is 35.9. The van der Waals surface area contributed by atoms with Crippen LogP contribution < -0.4 is 20.7 Å². The minimum atomic E-state index is -2.97. The van der Waals surface area contributed by atoms with Crippen molar-refractivity contribution in [2.75, 3.05) is 28.2 Å². The maximum atomic E-state index is 12.9. The van der Waals surface area contributed by atoms with Gasteiger partial charge in [0.2, 0.25) is 0 Å². The van der Waals surface area contributed by atoms with Crippen molar-refractivity contribution in [3.63, 3.8) is 0 Å². The molecule has 4 aromatic rings. The number of ether oxygens (including phenoxy) is 2. The number of hydrogen-bond donors (Lipinski definition) is 1. The molecular formula is C60H84N2O6Si3. The first-order valence-corrected chi connectivity index (χ1v) is 32.4. The van der Waals surface area contributed by atoms with Gasteiger partial charge in [-0.05, 0) is 127 Å².